The van der Waals surface area contributed by atoms with Crippen molar-refractivity contribution in [3.05, 3.63) is 16.6 Å². The summed E-state index contributed by atoms with van der Waals surface area (Å²) in [6.07, 6.45) is 1.38. The highest BCUT2D eigenvalue weighted by Gasteiger charge is 2.33. The molecule has 1 N–H and O–H groups in total. The minimum absolute atomic E-state index is 0.0468. The van der Waals surface area contributed by atoms with E-state index in [0.717, 1.165) is 24.3 Å². The number of carbonyl (C=O) groups is 1. The molecule has 0 saturated carbocycles. The molecule has 2 heterocycles. The third-order valence-corrected chi connectivity index (χ3v) is 3.66. The van der Waals surface area contributed by atoms with Gasteiger partial charge in [-0.25, -0.2) is 0 Å². The van der Waals surface area contributed by atoms with Crippen LogP contribution < -0.4 is 0 Å². The number of hydrogen-bond acceptors (Lipinski definition) is 4. The van der Waals surface area contributed by atoms with Gasteiger partial charge in [-0.2, -0.15) is 4.37 Å². The first kappa shape index (κ1) is 11.5. The Morgan fingerprint density at radius 2 is 2.50 bits per heavy atom. The van der Waals surface area contributed by atoms with Crippen LogP contribution in [0, 0.1) is 6.92 Å². The zero-order valence-electron chi connectivity index (χ0n) is 9.51. The minimum Gasteiger partial charge on any atom is -0.391 e. The molecular weight excluding hydrogens is 224 g/mol. The third kappa shape index (κ3) is 2.10. The maximum Gasteiger partial charge on any atom is 0.273 e. The summed E-state index contributed by atoms with van der Waals surface area (Å²) in [6, 6.07) is 1.76. The van der Waals surface area contributed by atoms with E-state index in [1.54, 1.807) is 11.8 Å². The van der Waals surface area contributed by atoms with Gasteiger partial charge in [0.2, 0.25) is 0 Å². The predicted octanol–water partition coefficient (Wildman–Crippen LogP) is 1.44. The first-order valence-corrected chi connectivity index (χ1v) is 6.29. The van der Waals surface area contributed by atoms with E-state index < -0.39 is 6.10 Å². The van der Waals surface area contributed by atoms with E-state index in [0.29, 0.717) is 5.69 Å². The molecule has 1 aliphatic rings. The van der Waals surface area contributed by atoms with E-state index >= 15 is 0 Å². The van der Waals surface area contributed by atoms with Crippen LogP contribution in [0.15, 0.2) is 6.07 Å². The molecule has 1 unspecified atom stereocenters. The number of aromatic nitrogens is 1. The number of hydrogen-bond donors (Lipinski definition) is 1. The minimum atomic E-state index is -0.466. The first-order chi connectivity index (χ1) is 7.59. The Labute approximate surface area is 99.1 Å². The van der Waals surface area contributed by atoms with Gasteiger partial charge in [-0.15, -0.1) is 0 Å². The van der Waals surface area contributed by atoms with Gasteiger partial charge in [0.1, 0.15) is 5.69 Å². The summed E-state index contributed by atoms with van der Waals surface area (Å²) in [7, 11) is 0. The number of likely N-dealkylation sites (tertiary alicyclic amines) is 1. The fourth-order valence-electron chi connectivity index (χ4n) is 2.16. The Balaban J connectivity index is 2.15. The highest BCUT2D eigenvalue weighted by Crippen LogP contribution is 2.23. The van der Waals surface area contributed by atoms with Crippen molar-refractivity contribution < 1.29 is 9.90 Å². The quantitative estimate of drug-likeness (QED) is 0.851. The highest BCUT2D eigenvalue weighted by molar-refractivity contribution is 7.05. The molecular formula is C11H16N2O2S. The Kier molecular flexibility index (Phi) is 3.25. The summed E-state index contributed by atoms with van der Waals surface area (Å²) in [5.74, 6) is -0.0484. The molecule has 2 rings (SSSR count). The molecule has 0 bridgehead atoms. The van der Waals surface area contributed by atoms with E-state index in [4.69, 9.17) is 0 Å². The van der Waals surface area contributed by atoms with Crippen LogP contribution in [0.3, 0.4) is 0 Å². The van der Waals surface area contributed by atoms with Crippen LogP contribution in [-0.4, -0.2) is 39.0 Å². The third-order valence-electron chi connectivity index (χ3n) is 2.96. The second-order valence-electron chi connectivity index (χ2n) is 4.27. The average Bonchev–Trinajstić information content (AvgIpc) is 2.84. The molecule has 1 saturated heterocycles. The number of aryl methyl sites for hydroxylation is 1. The van der Waals surface area contributed by atoms with Gasteiger partial charge in [-0.1, -0.05) is 0 Å². The molecule has 0 spiro atoms. The molecule has 1 aromatic rings. The zero-order chi connectivity index (χ0) is 11.7. The monoisotopic (exact) mass is 240 g/mol. The maximum absolute atomic E-state index is 12.1. The van der Waals surface area contributed by atoms with Crippen LogP contribution in [0.4, 0.5) is 0 Å². The van der Waals surface area contributed by atoms with Crippen LogP contribution >= 0.6 is 11.5 Å². The first-order valence-electron chi connectivity index (χ1n) is 5.52. The summed E-state index contributed by atoms with van der Waals surface area (Å²) in [4.78, 5) is 14.9. The van der Waals surface area contributed by atoms with Crippen molar-refractivity contribution in [2.24, 2.45) is 0 Å². The normalized spacial score (nSPS) is 22.4. The Morgan fingerprint density at radius 1 is 1.75 bits per heavy atom. The molecule has 1 aliphatic heterocycles. The second-order valence-corrected chi connectivity index (χ2v) is 5.28. The molecule has 2 atom stereocenters. The lowest BCUT2D eigenvalue weighted by Gasteiger charge is -2.26. The van der Waals surface area contributed by atoms with Gasteiger partial charge in [-0.3, -0.25) is 4.79 Å². The largest absolute Gasteiger partial charge is 0.391 e. The summed E-state index contributed by atoms with van der Waals surface area (Å²) < 4.78 is 4.12. The van der Waals surface area contributed by atoms with Gasteiger partial charge in [0, 0.05) is 11.4 Å². The lowest BCUT2D eigenvalue weighted by Crippen LogP contribution is -2.41. The highest BCUT2D eigenvalue weighted by atomic mass is 32.1. The fourth-order valence-corrected chi connectivity index (χ4v) is 2.70. The topological polar surface area (TPSA) is 53.4 Å². The number of rotatable bonds is 2. The molecule has 0 aromatic carbocycles. The van der Waals surface area contributed by atoms with Crippen molar-refractivity contribution in [2.75, 3.05) is 6.54 Å². The molecule has 1 aromatic heterocycles. The smallest absolute Gasteiger partial charge is 0.273 e. The molecule has 0 radical (unpaired) electrons. The predicted molar refractivity (Wildman–Crippen MR) is 62.6 cm³/mol. The lowest BCUT2D eigenvalue weighted by atomic mass is 10.1. The molecule has 16 heavy (non-hydrogen) atoms. The number of aliphatic hydroxyl groups excluding tert-OH is 1. The number of amides is 1. The summed E-state index contributed by atoms with van der Waals surface area (Å²) in [5, 5.41) is 9.61. The van der Waals surface area contributed by atoms with Crippen molar-refractivity contribution in [3.63, 3.8) is 0 Å². The Bertz CT molecular complexity index is 389. The summed E-state index contributed by atoms with van der Waals surface area (Å²) in [5.41, 5.74) is 0.509. The van der Waals surface area contributed by atoms with Crippen LogP contribution in [0.2, 0.25) is 0 Å². The van der Waals surface area contributed by atoms with E-state index in [1.165, 1.54) is 11.5 Å². The van der Waals surface area contributed by atoms with Gasteiger partial charge < -0.3 is 10.0 Å². The van der Waals surface area contributed by atoms with Crippen molar-refractivity contribution in [2.45, 2.75) is 38.8 Å². The Morgan fingerprint density at radius 3 is 3.06 bits per heavy atom. The molecule has 88 valence electrons. The van der Waals surface area contributed by atoms with Crippen LogP contribution in [0.5, 0.6) is 0 Å². The molecule has 0 aliphatic carbocycles. The Hall–Kier alpha value is -0.940. The molecule has 5 heteroatoms. The maximum atomic E-state index is 12.1. The second kappa shape index (κ2) is 4.51. The van der Waals surface area contributed by atoms with Gasteiger partial charge in [0.05, 0.1) is 12.1 Å². The van der Waals surface area contributed by atoms with E-state index in [9.17, 15) is 9.90 Å². The number of carbonyl (C=O) groups excluding carboxylic acids is 1. The summed E-state index contributed by atoms with van der Waals surface area (Å²) >= 11 is 1.34. The standard InChI is InChI=1S/C11H16N2O2S/c1-7-6-9(12-16-7)11(15)13-5-3-4-10(13)8(2)14/h6,8,10,14H,3-5H2,1-2H3/t8?,10-/m1/s1. The zero-order valence-corrected chi connectivity index (χ0v) is 10.3. The van der Waals surface area contributed by atoms with Gasteiger partial charge in [0.25, 0.3) is 5.91 Å². The van der Waals surface area contributed by atoms with Crippen LogP contribution in [0.1, 0.15) is 35.1 Å². The van der Waals surface area contributed by atoms with E-state index in [2.05, 4.69) is 4.37 Å². The average molecular weight is 240 g/mol. The molecule has 1 fully saturated rings. The molecule has 4 nitrogen and oxygen atoms in total. The lowest BCUT2D eigenvalue weighted by molar-refractivity contribution is 0.0533. The van der Waals surface area contributed by atoms with Crippen molar-refractivity contribution in [1.29, 1.82) is 0 Å². The van der Waals surface area contributed by atoms with Gasteiger partial charge >= 0.3 is 0 Å². The van der Waals surface area contributed by atoms with Crippen LogP contribution in [-0.2, 0) is 0 Å². The van der Waals surface area contributed by atoms with Gasteiger partial charge in [0.15, 0.2) is 0 Å². The number of nitrogens with zero attached hydrogens (tertiary/aromatic N) is 2. The van der Waals surface area contributed by atoms with Crippen LogP contribution in [0.25, 0.3) is 0 Å². The fraction of sp³-hybridized carbons (Fsp3) is 0.636. The summed E-state index contributed by atoms with van der Waals surface area (Å²) in [6.45, 7) is 4.40. The van der Waals surface area contributed by atoms with Gasteiger partial charge in [-0.05, 0) is 44.3 Å². The SMILES string of the molecule is Cc1cc(C(=O)N2CCC[C@@H]2C(C)O)ns1. The van der Waals surface area contributed by atoms with Crippen molar-refractivity contribution in [1.82, 2.24) is 9.27 Å². The van der Waals surface area contributed by atoms with E-state index in [1.807, 2.05) is 13.0 Å². The molecule has 1 amide bonds. The number of aliphatic hydroxyl groups is 1. The van der Waals surface area contributed by atoms with Crippen molar-refractivity contribution >= 4 is 17.4 Å². The van der Waals surface area contributed by atoms with Crippen molar-refractivity contribution in [3.8, 4) is 0 Å². The van der Waals surface area contributed by atoms with E-state index in [-0.39, 0.29) is 11.9 Å².